The molecule has 0 aliphatic rings. The Morgan fingerprint density at radius 2 is 1.57 bits per heavy atom. The molecule has 0 saturated heterocycles. The number of anilines is 1. The monoisotopic (exact) mass is 325 g/mol. The second-order valence-electron chi connectivity index (χ2n) is 5.04. The van der Waals surface area contributed by atoms with E-state index >= 15 is 0 Å². The Balaban J connectivity index is 0.00000529. The molecule has 0 atom stereocenters. The summed E-state index contributed by atoms with van der Waals surface area (Å²) in [5, 5.41) is 3.02. The third kappa shape index (κ3) is 6.46. The molecule has 7 nitrogen and oxygen atoms in total. The molecule has 0 spiro atoms. The molecular weight excluding hydrogens is 298 g/mol. The number of nitrogens with one attached hydrogen (secondary N) is 1. The molecule has 0 heterocycles. The summed E-state index contributed by atoms with van der Waals surface area (Å²) >= 11 is 0. The molecular formula is C16H27N3O4. The van der Waals surface area contributed by atoms with Gasteiger partial charge in [0.1, 0.15) is 6.61 Å². The summed E-state index contributed by atoms with van der Waals surface area (Å²) in [5.41, 5.74) is 1.91. The van der Waals surface area contributed by atoms with Crippen LogP contribution in [0.15, 0.2) is 24.3 Å². The Kier molecular flexibility index (Phi) is 7.73. The van der Waals surface area contributed by atoms with Gasteiger partial charge in [-0.25, -0.2) is 9.59 Å². The van der Waals surface area contributed by atoms with Gasteiger partial charge >= 0.3 is 12.2 Å². The number of amides is 2. The first-order valence-electron chi connectivity index (χ1n) is 7.50. The number of nitrogens with zero attached hydrogens (tertiary/aromatic N) is 2. The quantitative estimate of drug-likeness (QED) is 0.834. The smallest absolute Gasteiger partial charge is 0.409 e. The summed E-state index contributed by atoms with van der Waals surface area (Å²) in [6.07, 6.45) is -0.834. The fourth-order valence-electron chi connectivity index (χ4n) is 1.74. The van der Waals surface area contributed by atoms with Gasteiger partial charge in [0, 0.05) is 41.3 Å². The molecule has 1 aromatic rings. The largest absolute Gasteiger partial charge is 0.450 e. The fourth-order valence-corrected chi connectivity index (χ4v) is 1.74. The summed E-state index contributed by atoms with van der Waals surface area (Å²) < 4.78 is 10.1. The molecule has 1 N–H and O–H groups in total. The van der Waals surface area contributed by atoms with Gasteiger partial charge in [-0.1, -0.05) is 12.1 Å². The van der Waals surface area contributed by atoms with Crippen molar-refractivity contribution in [1.29, 1.82) is 0 Å². The van der Waals surface area contributed by atoms with Gasteiger partial charge in [-0.2, -0.15) is 0 Å². The van der Waals surface area contributed by atoms with Crippen LogP contribution < -0.4 is 5.32 Å². The van der Waals surface area contributed by atoms with Crippen LogP contribution in [0.2, 0.25) is 0 Å². The van der Waals surface area contributed by atoms with Gasteiger partial charge in [-0.05, 0) is 24.6 Å². The molecule has 0 fully saturated rings. The predicted molar refractivity (Wildman–Crippen MR) is 90.6 cm³/mol. The lowest BCUT2D eigenvalue weighted by Crippen LogP contribution is -2.37. The molecule has 23 heavy (non-hydrogen) atoms. The standard InChI is InChI=1S/C16H25N3O4.H2/c1-5-22-15(20)18(3)10-11-19(4)16(21)23-12-13-6-8-14(17-2)9-7-13;/h6-9,17H,5,10-12H2,1-4H3;1H. The van der Waals surface area contributed by atoms with Gasteiger partial charge in [-0.15, -0.1) is 0 Å². The van der Waals surface area contributed by atoms with Crippen LogP contribution in [0.25, 0.3) is 0 Å². The highest BCUT2D eigenvalue weighted by Crippen LogP contribution is 2.10. The molecule has 0 bridgehead atoms. The second kappa shape index (κ2) is 9.55. The molecule has 0 aromatic heterocycles. The minimum Gasteiger partial charge on any atom is -0.450 e. The summed E-state index contributed by atoms with van der Waals surface area (Å²) in [7, 11) is 5.10. The van der Waals surface area contributed by atoms with E-state index < -0.39 is 12.2 Å². The molecule has 1 aromatic carbocycles. The lowest BCUT2D eigenvalue weighted by molar-refractivity contribution is 0.0939. The van der Waals surface area contributed by atoms with Crippen LogP contribution in [0.3, 0.4) is 0 Å². The van der Waals surface area contributed by atoms with Crippen molar-refractivity contribution in [2.75, 3.05) is 46.2 Å². The zero-order valence-corrected chi connectivity index (χ0v) is 14.2. The van der Waals surface area contributed by atoms with Crippen molar-refractivity contribution < 1.29 is 20.5 Å². The highest BCUT2D eigenvalue weighted by molar-refractivity contribution is 5.68. The number of rotatable bonds is 7. The van der Waals surface area contributed by atoms with E-state index in [4.69, 9.17) is 9.47 Å². The minimum atomic E-state index is -0.431. The van der Waals surface area contributed by atoms with Crippen molar-refractivity contribution in [3.63, 3.8) is 0 Å². The van der Waals surface area contributed by atoms with E-state index in [1.165, 1.54) is 9.80 Å². The van der Waals surface area contributed by atoms with E-state index in [0.717, 1.165) is 11.3 Å². The number of carbonyl (C=O) groups is 2. The zero-order chi connectivity index (χ0) is 17.2. The molecule has 1 rings (SSSR count). The second-order valence-corrected chi connectivity index (χ2v) is 5.04. The molecule has 0 aliphatic carbocycles. The molecule has 0 aliphatic heterocycles. The number of carbonyl (C=O) groups excluding carboxylic acids is 2. The fraction of sp³-hybridized carbons (Fsp3) is 0.500. The van der Waals surface area contributed by atoms with Gasteiger partial charge < -0.3 is 24.6 Å². The minimum absolute atomic E-state index is 0. The Morgan fingerprint density at radius 3 is 2.04 bits per heavy atom. The predicted octanol–water partition coefficient (Wildman–Crippen LogP) is 2.63. The molecule has 2 amide bonds. The average molecular weight is 325 g/mol. The van der Waals surface area contributed by atoms with E-state index in [1.807, 2.05) is 31.3 Å². The number of ether oxygens (including phenoxy) is 2. The van der Waals surface area contributed by atoms with E-state index in [1.54, 1.807) is 21.0 Å². The Bertz CT molecular complexity index is 511. The van der Waals surface area contributed by atoms with E-state index in [0.29, 0.717) is 19.7 Å². The molecule has 0 saturated carbocycles. The number of benzene rings is 1. The van der Waals surface area contributed by atoms with Crippen LogP contribution in [-0.2, 0) is 16.1 Å². The van der Waals surface area contributed by atoms with Crippen molar-refractivity contribution in [2.24, 2.45) is 0 Å². The SMILES string of the molecule is CCOC(=O)N(C)CCN(C)C(=O)OCc1ccc(NC)cc1.[HH]. The topological polar surface area (TPSA) is 71.1 Å². The normalized spacial score (nSPS) is 9.91. The maximum absolute atomic E-state index is 11.9. The van der Waals surface area contributed by atoms with Gasteiger partial charge in [0.2, 0.25) is 0 Å². The lowest BCUT2D eigenvalue weighted by atomic mass is 10.2. The van der Waals surface area contributed by atoms with Crippen molar-refractivity contribution >= 4 is 17.9 Å². The van der Waals surface area contributed by atoms with E-state index in [9.17, 15) is 9.59 Å². The maximum atomic E-state index is 11.9. The summed E-state index contributed by atoms with van der Waals surface area (Å²) in [6, 6.07) is 7.63. The number of hydrogen-bond donors (Lipinski definition) is 1. The molecule has 0 unspecified atom stereocenters. The van der Waals surface area contributed by atoms with E-state index in [2.05, 4.69) is 5.32 Å². The van der Waals surface area contributed by atoms with Crippen molar-refractivity contribution in [1.82, 2.24) is 9.80 Å². The summed E-state index contributed by atoms with van der Waals surface area (Å²) in [5.74, 6) is 0. The van der Waals surface area contributed by atoms with Crippen molar-refractivity contribution in [3.05, 3.63) is 29.8 Å². The van der Waals surface area contributed by atoms with Crippen LogP contribution in [-0.4, -0.2) is 62.8 Å². The van der Waals surface area contributed by atoms with Gasteiger partial charge in [0.05, 0.1) is 6.61 Å². The summed E-state index contributed by atoms with van der Waals surface area (Å²) in [6.45, 7) is 3.03. The summed E-state index contributed by atoms with van der Waals surface area (Å²) in [4.78, 5) is 26.2. The first kappa shape index (κ1) is 18.6. The molecule has 7 heteroatoms. The van der Waals surface area contributed by atoms with E-state index in [-0.39, 0.29) is 8.03 Å². The van der Waals surface area contributed by atoms with Crippen LogP contribution in [0.4, 0.5) is 15.3 Å². The van der Waals surface area contributed by atoms with Crippen LogP contribution >= 0.6 is 0 Å². The maximum Gasteiger partial charge on any atom is 0.409 e. The van der Waals surface area contributed by atoms with Gasteiger partial charge in [0.25, 0.3) is 0 Å². The third-order valence-corrected chi connectivity index (χ3v) is 3.27. The Hall–Kier alpha value is -2.44. The van der Waals surface area contributed by atoms with Gasteiger partial charge in [-0.3, -0.25) is 0 Å². The van der Waals surface area contributed by atoms with Crippen molar-refractivity contribution in [2.45, 2.75) is 13.5 Å². The van der Waals surface area contributed by atoms with Crippen LogP contribution in [0, 0.1) is 0 Å². The Morgan fingerprint density at radius 1 is 1.04 bits per heavy atom. The molecule has 0 radical (unpaired) electrons. The number of likely N-dealkylation sites (N-methyl/N-ethyl adjacent to an activating group) is 2. The highest BCUT2D eigenvalue weighted by Gasteiger charge is 2.14. The Labute approximate surface area is 138 Å². The highest BCUT2D eigenvalue weighted by atomic mass is 16.6. The molecule has 130 valence electrons. The van der Waals surface area contributed by atoms with Crippen LogP contribution in [0.1, 0.15) is 13.9 Å². The first-order valence-corrected chi connectivity index (χ1v) is 7.50. The lowest BCUT2D eigenvalue weighted by Gasteiger charge is -2.21. The zero-order valence-electron chi connectivity index (χ0n) is 14.2. The van der Waals surface area contributed by atoms with Gasteiger partial charge in [0.15, 0.2) is 0 Å². The van der Waals surface area contributed by atoms with Crippen molar-refractivity contribution in [3.8, 4) is 0 Å². The average Bonchev–Trinajstić information content (AvgIpc) is 2.57. The first-order chi connectivity index (χ1) is 11.0. The van der Waals surface area contributed by atoms with Crippen LogP contribution in [0.5, 0.6) is 0 Å². The number of hydrogen-bond acceptors (Lipinski definition) is 5. The third-order valence-electron chi connectivity index (χ3n) is 3.27.